The highest BCUT2D eigenvalue weighted by Crippen LogP contribution is 2.35. The highest BCUT2D eigenvalue weighted by Gasteiger charge is 2.31. The molecule has 3 rings (SSSR count). The number of H-pyrrole nitrogens is 1. The van der Waals surface area contributed by atoms with Crippen molar-refractivity contribution in [2.24, 2.45) is 0 Å². The van der Waals surface area contributed by atoms with Crippen LogP contribution in [-0.2, 0) is 0 Å². The Kier molecular flexibility index (Phi) is 3.25. The molecule has 0 unspecified atom stereocenters. The van der Waals surface area contributed by atoms with Crippen LogP contribution in [0.25, 0.3) is 11.4 Å². The van der Waals surface area contributed by atoms with E-state index in [2.05, 4.69) is 20.6 Å². The number of alkyl halides is 1. The summed E-state index contributed by atoms with van der Waals surface area (Å²) in [6, 6.07) is 0. The molecular weight excluding hydrogens is 281 g/mol. The molecule has 6 nitrogen and oxygen atoms in total. The van der Waals surface area contributed by atoms with Crippen molar-refractivity contribution >= 4 is 17.2 Å². The Hall–Kier alpha value is -1.83. The maximum Gasteiger partial charge on any atom is 0.255 e. The molecule has 1 atom stereocenters. The molecule has 1 fully saturated rings. The van der Waals surface area contributed by atoms with Crippen molar-refractivity contribution in [3.8, 4) is 11.4 Å². The van der Waals surface area contributed by atoms with Gasteiger partial charge in [0.05, 0.1) is 12.1 Å². The van der Waals surface area contributed by atoms with E-state index in [1.165, 1.54) is 11.3 Å². The molecule has 0 radical (unpaired) electrons. The molecule has 0 aromatic carbocycles. The van der Waals surface area contributed by atoms with Gasteiger partial charge in [-0.15, -0.1) is 21.5 Å². The van der Waals surface area contributed by atoms with Crippen LogP contribution >= 0.6 is 11.3 Å². The third kappa shape index (κ3) is 2.09. The second-order valence-corrected chi connectivity index (χ2v) is 6.27. The minimum absolute atomic E-state index is 0.146. The van der Waals surface area contributed by atoms with Gasteiger partial charge in [0.15, 0.2) is 0 Å². The molecule has 0 spiro atoms. The molecule has 1 N–H and O–H groups in total. The quantitative estimate of drug-likeness (QED) is 0.915. The molecule has 0 bridgehead atoms. The molecule has 2 aromatic heterocycles. The zero-order chi connectivity index (χ0) is 14.3. The van der Waals surface area contributed by atoms with E-state index in [0.717, 1.165) is 9.75 Å². The molecular formula is C12H14FN5OS. The number of aromatic amines is 1. The lowest BCUT2D eigenvalue weighted by molar-refractivity contribution is 0.0783. The number of carbonyl (C=O) groups is 1. The van der Waals surface area contributed by atoms with Crippen molar-refractivity contribution < 1.29 is 9.18 Å². The van der Waals surface area contributed by atoms with Crippen LogP contribution in [0.15, 0.2) is 0 Å². The number of amides is 1. The first kappa shape index (κ1) is 13.2. The molecule has 20 heavy (non-hydrogen) atoms. The zero-order valence-corrected chi connectivity index (χ0v) is 12.0. The van der Waals surface area contributed by atoms with Crippen molar-refractivity contribution in [3.05, 3.63) is 15.3 Å². The van der Waals surface area contributed by atoms with E-state index in [4.69, 9.17) is 0 Å². The second kappa shape index (κ2) is 4.93. The highest BCUT2D eigenvalue weighted by atomic mass is 32.1. The molecule has 1 aliphatic heterocycles. The van der Waals surface area contributed by atoms with Crippen LogP contribution < -0.4 is 0 Å². The fraction of sp³-hybridized carbons (Fsp3) is 0.500. The van der Waals surface area contributed by atoms with Crippen LogP contribution in [0.3, 0.4) is 0 Å². The van der Waals surface area contributed by atoms with Gasteiger partial charge in [-0.25, -0.2) is 4.39 Å². The normalized spacial score (nSPS) is 18.8. The van der Waals surface area contributed by atoms with Gasteiger partial charge >= 0.3 is 0 Å². The third-order valence-electron chi connectivity index (χ3n) is 3.46. The Morgan fingerprint density at radius 3 is 2.85 bits per heavy atom. The number of halogens is 1. The van der Waals surface area contributed by atoms with Crippen molar-refractivity contribution in [1.82, 2.24) is 25.5 Å². The number of aryl methyl sites for hydroxylation is 2. The summed E-state index contributed by atoms with van der Waals surface area (Å²) < 4.78 is 13.3. The number of rotatable bonds is 2. The number of hydrogen-bond donors (Lipinski definition) is 1. The fourth-order valence-electron chi connectivity index (χ4n) is 2.54. The Bertz CT molecular complexity index is 639. The predicted molar refractivity (Wildman–Crippen MR) is 72.4 cm³/mol. The van der Waals surface area contributed by atoms with Gasteiger partial charge in [-0.2, -0.15) is 5.21 Å². The largest absolute Gasteiger partial charge is 0.336 e. The zero-order valence-electron chi connectivity index (χ0n) is 11.2. The Labute approximate surface area is 119 Å². The van der Waals surface area contributed by atoms with Crippen molar-refractivity contribution in [2.45, 2.75) is 26.4 Å². The molecule has 2 aromatic rings. The summed E-state index contributed by atoms with van der Waals surface area (Å²) in [7, 11) is 0. The first-order valence-electron chi connectivity index (χ1n) is 6.35. The summed E-state index contributed by atoms with van der Waals surface area (Å²) in [4.78, 5) is 16.0. The fourth-order valence-corrected chi connectivity index (χ4v) is 3.58. The van der Waals surface area contributed by atoms with E-state index < -0.39 is 6.17 Å². The maximum absolute atomic E-state index is 13.3. The Morgan fingerprint density at radius 2 is 2.25 bits per heavy atom. The summed E-state index contributed by atoms with van der Waals surface area (Å²) in [5, 5.41) is 13.9. The number of likely N-dealkylation sites (tertiary alicyclic amines) is 1. The van der Waals surface area contributed by atoms with Crippen LogP contribution in [0.5, 0.6) is 0 Å². The third-order valence-corrected chi connectivity index (χ3v) is 4.48. The molecule has 8 heteroatoms. The molecule has 106 valence electrons. The van der Waals surface area contributed by atoms with E-state index in [9.17, 15) is 9.18 Å². The predicted octanol–water partition coefficient (Wildman–Crippen LogP) is 1.73. The SMILES string of the molecule is Cc1sc(C)c(-c2nn[nH]n2)c1C(=O)N1CC[C@@H](F)C1. The number of aromatic nitrogens is 4. The number of thiophene rings is 1. The van der Waals surface area contributed by atoms with Crippen molar-refractivity contribution in [3.63, 3.8) is 0 Å². The van der Waals surface area contributed by atoms with Gasteiger partial charge in [0.25, 0.3) is 5.91 Å². The molecule has 1 aliphatic rings. The van der Waals surface area contributed by atoms with Crippen LogP contribution in [0.4, 0.5) is 4.39 Å². The minimum Gasteiger partial charge on any atom is -0.336 e. The average molecular weight is 295 g/mol. The lowest BCUT2D eigenvalue weighted by atomic mass is 10.1. The molecule has 0 aliphatic carbocycles. The van der Waals surface area contributed by atoms with Gasteiger partial charge in [0.2, 0.25) is 5.82 Å². The number of tetrazole rings is 1. The van der Waals surface area contributed by atoms with Crippen LogP contribution in [0.2, 0.25) is 0 Å². The summed E-state index contributed by atoms with van der Waals surface area (Å²) in [5.74, 6) is 0.262. The average Bonchev–Trinajstić information content (AvgIpc) is 3.09. The van der Waals surface area contributed by atoms with E-state index in [-0.39, 0.29) is 12.5 Å². The van der Waals surface area contributed by atoms with E-state index >= 15 is 0 Å². The lowest BCUT2D eigenvalue weighted by Crippen LogP contribution is -2.29. The van der Waals surface area contributed by atoms with E-state index in [0.29, 0.717) is 29.9 Å². The van der Waals surface area contributed by atoms with Gasteiger partial charge in [-0.3, -0.25) is 4.79 Å². The summed E-state index contributed by atoms with van der Waals surface area (Å²) >= 11 is 1.52. The Morgan fingerprint density at radius 1 is 1.45 bits per heavy atom. The van der Waals surface area contributed by atoms with Crippen molar-refractivity contribution in [1.29, 1.82) is 0 Å². The number of nitrogens with one attached hydrogen (secondary N) is 1. The van der Waals surface area contributed by atoms with Gasteiger partial charge < -0.3 is 4.90 Å². The minimum atomic E-state index is -0.924. The van der Waals surface area contributed by atoms with Gasteiger partial charge in [0, 0.05) is 21.9 Å². The summed E-state index contributed by atoms with van der Waals surface area (Å²) in [5.41, 5.74) is 1.27. The van der Waals surface area contributed by atoms with E-state index in [1.807, 2.05) is 13.8 Å². The maximum atomic E-state index is 13.3. The van der Waals surface area contributed by atoms with Crippen molar-refractivity contribution in [2.75, 3.05) is 13.1 Å². The van der Waals surface area contributed by atoms with Gasteiger partial charge in [-0.1, -0.05) is 0 Å². The van der Waals surface area contributed by atoms with Crippen LogP contribution in [-0.4, -0.2) is 50.7 Å². The number of nitrogens with zero attached hydrogens (tertiary/aromatic N) is 4. The standard InChI is InChI=1S/C12H14FN5OS/c1-6-9(11-14-16-17-15-11)10(7(2)20-6)12(19)18-4-3-8(13)5-18/h8H,3-5H2,1-2H3,(H,14,15,16,17)/t8-/m1/s1. The second-order valence-electron chi connectivity index (χ2n) is 4.84. The number of hydrogen-bond acceptors (Lipinski definition) is 5. The summed E-state index contributed by atoms with van der Waals surface area (Å²) in [6.45, 7) is 4.43. The molecule has 1 amide bonds. The Balaban J connectivity index is 2.03. The first-order valence-corrected chi connectivity index (χ1v) is 7.16. The highest BCUT2D eigenvalue weighted by molar-refractivity contribution is 7.12. The topological polar surface area (TPSA) is 74.8 Å². The monoisotopic (exact) mass is 295 g/mol. The molecule has 0 saturated carbocycles. The smallest absolute Gasteiger partial charge is 0.255 e. The lowest BCUT2D eigenvalue weighted by Gasteiger charge is -2.16. The molecule has 3 heterocycles. The van der Waals surface area contributed by atoms with Crippen LogP contribution in [0, 0.1) is 13.8 Å². The first-order chi connectivity index (χ1) is 9.58. The van der Waals surface area contributed by atoms with Gasteiger partial charge in [-0.05, 0) is 25.5 Å². The number of carbonyl (C=O) groups excluding carboxylic acids is 1. The molecule has 1 saturated heterocycles. The summed E-state index contributed by atoms with van der Waals surface area (Å²) in [6.07, 6.45) is -0.515. The van der Waals surface area contributed by atoms with E-state index in [1.54, 1.807) is 4.90 Å². The van der Waals surface area contributed by atoms with Gasteiger partial charge in [0.1, 0.15) is 6.17 Å². The van der Waals surface area contributed by atoms with Crippen LogP contribution in [0.1, 0.15) is 26.5 Å².